The third-order valence-electron chi connectivity index (χ3n) is 1.72. The van der Waals surface area contributed by atoms with Gasteiger partial charge < -0.3 is 10.4 Å². The highest BCUT2D eigenvalue weighted by atomic mass is 16.3. The van der Waals surface area contributed by atoms with Crippen molar-refractivity contribution >= 4 is 11.7 Å². The van der Waals surface area contributed by atoms with Crippen LogP contribution in [0.4, 0.5) is 0 Å². The fourth-order valence-electron chi connectivity index (χ4n) is 0.704. The molecule has 0 spiro atoms. The average Bonchev–Trinajstić information content (AvgIpc) is 2.11. The van der Waals surface area contributed by atoms with Gasteiger partial charge in [-0.2, -0.15) is 0 Å². The maximum Gasteiger partial charge on any atom is 0.287 e. The summed E-state index contributed by atoms with van der Waals surface area (Å²) in [6.07, 6.45) is -0.000198. The third-order valence-corrected chi connectivity index (χ3v) is 1.72. The van der Waals surface area contributed by atoms with Crippen molar-refractivity contribution in [2.24, 2.45) is 5.92 Å². The van der Waals surface area contributed by atoms with Gasteiger partial charge in [0.25, 0.3) is 5.91 Å². The smallest absolute Gasteiger partial charge is 0.287 e. The van der Waals surface area contributed by atoms with E-state index < -0.39 is 17.8 Å². The molecule has 0 aromatic heterocycles. The Morgan fingerprint density at radius 1 is 1.38 bits per heavy atom. The fourth-order valence-corrected chi connectivity index (χ4v) is 0.704. The Morgan fingerprint density at radius 3 is 2.31 bits per heavy atom. The second kappa shape index (κ2) is 5.70. The molecule has 0 aromatic rings. The van der Waals surface area contributed by atoms with E-state index in [1.807, 2.05) is 0 Å². The summed E-state index contributed by atoms with van der Waals surface area (Å²) in [5, 5.41) is 11.5. The molecule has 0 rings (SSSR count). The molecule has 0 aliphatic heterocycles. The molecule has 0 bridgehead atoms. The van der Waals surface area contributed by atoms with Crippen LogP contribution in [0.3, 0.4) is 0 Å². The highest BCUT2D eigenvalue weighted by Gasteiger charge is 2.17. The summed E-state index contributed by atoms with van der Waals surface area (Å²) in [5.41, 5.74) is 0. The summed E-state index contributed by atoms with van der Waals surface area (Å²) < 4.78 is 0. The minimum Gasteiger partial charge on any atom is -0.391 e. The zero-order valence-corrected chi connectivity index (χ0v) is 8.33. The number of Topliss-reactive ketones (excluding diaryl/α,β-unsaturated/α-hetero) is 1. The van der Waals surface area contributed by atoms with E-state index in [0.29, 0.717) is 6.42 Å². The van der Waals surface area contributed by atoms with E-state index in [-0.39, 0.29) is 12.5 Å². The first-order chi connectivity index (χ1) is 5.99. The van der Waals surface area contributed by atoms with Crippen molar-refractivity contribution in [1.82, 2.24) is 5.32 Å². The first-order valence-electron chi connectivity index (χ1n) is 4.49. The van der Waals surface area contributed by atoms with Crippen molar-refractivity contribution in [3.05, 3.63) is 0 Å². The summed E-state index contributed by atoms with van der Waals surface area (Å²) in [6.45, 7) is 5.28. The summed E-state index contributed by atoms with van der Waals surface area (Å²) in [6, 6.07) is 0. The lowest BCUT2D eigenvalue weighted by molar-refractivity contribution is -0.139. The number of carbonyl (C=O) groups excluding carboxylic acids is 2. The molecule has 0 fully saturated rings. The summed E-state index contributed by atoms with van der Waals surface area (Å²) >= 11 is 0. The van der Waals surface area contributed by atoms with Crippen LogP contribution in [0.15, 0.2) is 0 Å². The molecule has 76 valence electrons. The van der Waals surface area contributed by atoms with Gasteiger partial charge in [-0.1, -0.05) is 20.8 Å². The van der Waals surface area contributed by atoms with E-state index in [0.717, 1.165) is 0 Å². The van der Waals surface area contributed by atoms with Crippen LogP contribution in [0.2, 0.25) is 0 Å². The van der Waals surface area contributed by atoms with Crippen molar-refractivity contribution in [3.63, 3.8) is 0 Å². The number of aliphatic hydroxyl groups excluding tert-OH is 1. The number of hydrogen-bond acceptors (Lipinski definition) is 3. The number of carbonyl (C=O) groups is 2. The van der Waals surface area contributed by atoms with Gasteiger partial charge in [-0.3, -0.25) is 9.59 Å². The predicted octanol–water partition coefficient (Wildman–Crippen LogP) is 0.0986. The minimum absolute atomic E-state index is 0.147. The molecule has 2 N–H and O–H groups in total. The predicted molar refractivity (Wildman–Crippen MR) is 49.2 cm³/mol. The Morgan fingerprint density at radius 2 is 1.92 bits per heavy atom. The van der Waals surface area contributed by atoms with E-state index in [2.05, 4.69) is 5.32 Å². The van der Waals surface area contributed by atoms with Crippen LogP contribution < -0.4 is 5.32 Å². The molecule has 0 aliphatic carbocycles. The molecular formula is C9H17NO3. The summed E-state index contributed by atoms with van der Waals surface area (Å²) in [4.78, 5) is 22.1. The van der Waals surface area contributed by atoms with Gasteiger partial charge in [0.2, 0.25) is 5.78 Å². The van der Waals surface area contributed by atoms with Crippen molar-refractivity contribution in [2.45, 2.75) is 33.3 Å². The number of hydrogen-bond donors (Lipinski definition) is 2. The maximum absolute atomic E-state index is 11.0. The van der Waals surface area contributed by atoms with Gasteiger partial charge in [0.1, 0.15) is 0 Å². The first-order valence-corrected chi connectivity index (χ1v) is 4.49. The van der Waals surface area contributed by atoms with Crippen molar-refractivity contribution in [3.8, 4) is 0 Å². The topological polar surface area (TPSA) is 66.4 Å². The number of ketones is 1. The summed E-state index contributed by atoms with van der Waals surface area (Å²) in [7, 11) is 0. The lowest BCUT2D eigenvalue weighted by atomic mass is 10.1. The Balaban J connectivity index is 3.81. The Bertz CT molecular complexity index is 189. The van der Waals surface area contributed by atoms with Gasteiger partial charge >= 0.3 is 0 Å². The van der Waals surface area contributed by atoms with Crippen molar-refractivity contribution in [2.75, 3.05) is 6.54 Å². The van der Waals surface area contributed by atoms with Crippen molar-refractivity contribution < 1.29 is 14.7 Å². The Hall–Kier alpha value is -0.900. The van der Waals surface area contributed by atoms with E-state index in [4.69, 9.17) is 5.11 Å². The Kier molecular flexibility index (Phi) is 5.30. The van der Waals surface area contributed by atoms with Crippen LogP contribution >= 0.6 is 0 Å². The fraction of sp³-hybridized carbons (Fsp3) is 0.778. The van der Waals surface area contributed by atoms with Gasteiger partial charge in [-0.15, -0.1) is 0 Å². The molecule has 13 heavy (non-hydrogen) atoms. The third kappa shape index (κ3) is 4.62. The van der Waals surface area contributed by atoms with Gasteiger partial charge in [0, 0.05) is 12.5 Å². The van der Waals surface area contributed by atoms with Crippen LogP contribution in [0.1, 0.15) is 27.2 Å². The van der Waals surface area contributed by atoms with Crippen LogP contribution in [-0.4, -0.2) is 29.4 Å². The van der Waals surface area contributed by atoms with Crippen LogP contribution in [-0.2, 0) is 9.59 Å². The molecule has 0 radical (unpaired) electrons. The molecule has 1 amide bonds. The normalized spacial score (nSPS) is 12.7. The monoisotopic (exact) mass is 187 g/mol. The molecule has 0 aliphatic rings. The van der Waals surface area contributed by atoms with Crippen LogP contribution in [0.25, 0.3) is 0 Å². The number of nitrogens with one attached hydrogen (secondary N) is 1. The highest BCUT2D eigenvalue weighted by Crippen LogP contribution is 1.94. The minimum atomic E-state index is -0.609. The molecular weight excluding hydrogens is 170 g/mol. The van der Waals surface area contributed by atoms with Crippen LogP contribution in [0, 0.1) is 5.92 Å². The zero-order valence-electron chi connectivity index (χ0n) is 8.33. The SMILES string of the molecule is CC[C@H](O)CNC(=O)C(=O)C(C)C. The molecule has 0 unspecified atom stereocenters. The first kappa shape index (κ1) is 12.1. The van der Waals surface area contributed by atoms with Gasteiger partial charge in [-0.05, 0) is 6.42 Å². The zero-order chi connectivity index (χ0) is 10.4. The lowest BCUT2D eigenvalue weighted by Gasteiger charge is -2.09. The van der Waals surface area contributed by atoms with E-state index in [1.54, 1.807) is 20.8 Å². The average molecular weight is 187 g/mol. The number of aliphatic hydroxyl groups is 1. The van der Waals surface area contributed by atoms with Crippen LogP contribution in [0.5, 0.6) is 0 Å². The molecule has 0 aromatic carbocycles. The molecule has 0 saturated carbocycles. The molecule has 4 heteroatoms. The van der Waals surface area contributed by atoms with Gasteiger partial charge in [0.15, 0.2) is 0 Å². The summed E-state index contributed by atoms with van der Waals surface area (Å²) in [5.74, 6) is -1.34. The molecule has 0 saturated heterocycles. The number of amides is 1. The van der Waals surface area contributed by atoms with E-state index in [9.17, 15) is 9.59 Å². The van der Waals surface area contributed by atoms with Crippen molar-refractivity contribution in [1.29, 1.82) is 0 Å². The molecule has 1 atom stereocenters. The van der Waals surface area contributed by atoms with E-state index in [1.165, 1.54) is 0 Å². The largest absolute Gasteiger partial charge is 0.391 e. The quantitative estimate of drug-likeness (QED) is 0.600. The standard InChI is InChI=1S/C9H17NO3/c1-4-7(11)5-10-9(13)8(12)6(2)3/h6-7,11H,4-5H2,1-3H3,(H,10,13)/t7-/m0/s1. The number of rotatable bonds is 5. The van der Waals surface area contributed by atoms with E-state index >= 15 is 0 Å². The van der Waals surface area contributed by atoms with Gasteiger partial charge in [-0.25, -0.2) is 0 Å². The second-order valence-corrected chi connectivity index (χ2v) is 3.29. The second-order valence-electron chi connectivity index (χ2n) is 3.29. The van der Waals surface area contributed by atoms with Gasteiger partial charge in [0.05, 0.1) is 6.10 Å². The lowest BCUT2D eigenvalue weighted by Crippen LogP contribution is -2.38. The Labute approximate surface area is 78.3 Å². The molecule has 4 nitrogen and oxygen atoms in total. The molecule has 0 heterocycles. The highest BCUT2D eigenvalue weighted by molar-refractivity contribution is 6.36. The maximum atomic E-state index is 11.0.